The van der Waals surface area contributed by atoms with Crippen molar-refractivity contribution in [3.63, 3.8) is 0 Å². The zero-order valence-electron chi connectivity index (χ0n) is 8.45. The van der Waals surface area contributed by atoms with Gasteiger partial charge in [0, 0.05) is 34.9 Å². The molecular weight excluding hydrogens is 216 g/mol. The molecule has 1 aromatic heterocycles. The second-order valence-corrected chi connectivity index (χ2v) is 4.76. The number of hydrogen-bond donors (Lipinski definition) is 3. The fourth-order valence-electron chi connectivity index (χ4n) is 0.971. The van der Waals surface area contributed by atoms with Crippen LogP contribution in [0.5, 0.6) is 0 Å². The molecule has 15 heavy (non-hydrogen) atoms. The van der Waals surface area contributed by atoms with Crippen molar-refractivity contribution in [2.75, 3.05) is 23.8 Å². The van der Waals surface area contributed by atoms with E-state index in [4.69, 9.17) is 5.73 Å². The van der Waals surface area contributed by atoms with E-state index < -0.39 is 10.8 Å². The van der Waals surface area contributed by atoms with Crippen molar-refractivity contribution in [2.24, 2.45) is 0 Å². The summed E-state index contributed by atoms with van der Waals surface area (Å²) in [7, 11) is -0.860. The van der Waals surface area contributed by atoms with Gasteiger partial charge in [0.1, 0.15) is 11.5 Å². The van der Waals surface area contributed by atoms with Gasteiger partial charge in [-0.2, -0.15) is 5.10 Å². The monoisotopic (exact) mass is 230 g/mol. The molecule has 1 heterocycles. The van der Waals surface area contributed by atoms with E-state index in [1.807, 2.05) is 6.92 Å². The summed E-state index contributed by atoms with van der Waals surface area (Å²) in [6, 6.07) is 1.45. The Hall–Kier alpha value is -1.37. The van der Waals surface area contributed by atoms with Gasteiger partial charge < -0.3 is 11.1 Å². The number of amides is 1. The molecule has 0 bridgehead atoms. The third kappa shape index (κ3) is 3.70. The molecule has 1 aromatic rings. The number of H-pyrrole nitrogens is 1. The lowest BCUT2D eigenvalue weighted by molar-refractivity contribution is 0.0951. The number of nitrogens with one attached hydrogen (secondary N) is 2. The van der Waals surface area contributed by atoms with E-state index in [0.717, 1.165) is 0 Å². The molecular formula is C8H14N4O2S. The molecule has 4 N–H and O–H groups in total. The fraction of sp³-hybridized carbons (Fsp3) is 0.500. The molecule has 0 aliphatic heterocycles. The van der Waals surface area contributed by atoms with Crippen molar-refractivity contribution < 1.29 is 9.00 Å². The first-order chi connectivity index (χ1) is 7.13. The summed E-state index contributed by atoms with van der Waals surface area (Å²) in [5, 5.41) is 8.74. The van der Waals surface area contributed by atoms with E-state index in [9.17, 15) is 9.00 Å². The van der Waals surface area contributed by atoms with Gasteiger partial charge >= 0.3 is 0 Å². The number of hydrogen-bond acceptors (Lipinski definition) is 4. The van der Waals surface area contributed by atoms with E-state index in [0.29, 0.717) is 23.7 Å². The van der Waals surface area contributed by atoms with E-state index in [-0.39, 0.29) is 11.7 Å². The number of anilines is 1. The number of aromatic amines is 1. The van der Waals surface area contributed by atoms with Crippen molar-refractivity contribution in [3.8, 4) is 0 Å². The Morgan fingerprint density at radius 2 is 2.47 bits per heavy atom. The van der Waals surface area contributed by atoms with Gasteiger partial charge in [0.2, 0.25) is 0 Å². The molecule has 0 fully saturated rings. The van der Waals surface area contributed by atoms with Gasteiger partial charge in [-0.3, -0.25) is 14.1 Å². The highest BCUT2D eigenvalue weighted by Gasteiger charge is 2.07. The zero-order valence-corrected chi connectivity index (χ0v) is 9.26. The molecule has 1 amide bonds. The fourth-order valence-corrected chi connectivity index (χ4v) is 1.59. The Labute approximate surface area is 90.1 Å². The lowest BCUT2D eigenvalue weighted by Gasteiger charge is -2.01. The summed E-state index contributed by atoms with van der Waals surface area (Å²) >= 11 is 0. The molecule has 1 unspecified atom stereocenters. The molecule has 0 aliphatic carbocycles. The van der Waals surface area contributed by atoms with E-state index in [1.165, 1.54) is 6.07 Å². The van der Waals surface area contributed by atoms with Crippen LogP contribution in [-0.2, 0) is 10.8 Å². The molecule has 0 radical (unpaired) electrons. The molecule has 0 aromatic carbocycles. The van der Waals surface area contributed by atoms with Crippen LogP contribution in [0.2, 0.25) is 0 Å². The molecule has 0 saturated heterocycles. The molecule has 7 heteroatoms. The average molecular weight is 230 g/mol. The highest BCUT2D eigenvalue weighted by Crippen LogP contribution is 1.99. The number of aromatic nitrogens is 2. The predicted molar refractivity (Wildman–Crippen MR) is 58.9 cm³/mol. The maximum absolute atomic E-state index is 11.4. The zero-order chi connectivity index (χ0) is 11.3. The van der Waals surface area contributed by atoms with Crippen LogP contribution in [-0.4, -0.2) is 38.4 Å². The summed E-state index contributed by atoms with van der Waals surface area (Å²) in [6.45, 7) is 2.23. The van der Waals surface area contributed by atoms with Gasteiger partial charge in [0.25, 0.3) is 5.91 Å². The van der Waals surface area contributed by atoms with E-state index in [1.54, 1.807) is 0 Å². The standard InChI is InChI=1S/C8H14N4O2S/c1-2-15(14)4-3-10-8(13)6-5-7(9)12-11-6/h5H,2-4H2,1H3,(H,10,13)(H3,9,11,12). The summed E-state index contributed by atoms with van der Waals surface area (Å²) in [5.41, 5.74) is 5.66. The van der Waals surface area contributed by atoms with Gasteiger partial charge in [-0.1, -0.05) is 6.92 Å². The lowest BCUT2D eigenvalue weighted by Crippen LogP contribution is -2.28. The van der Waals surface area contributed by atoms with Crippen LogP contribution in [0.25, 0.3) is 0 Å². The van der Waals surface area contributed by atoms with Crippen LogP contribution >= 0.6 is 0 Å². The summed E-state index contributed by atoms with van der Waals surface area (Å²) in [5.74, 6) is 1.06. The van der Waals surface area contributed by atoms with Crippen LogP contribution in [0.15, 0.2) is 6.07 Å². The largest absolute Gasteiger partial charge is 0.382 e. The first kappa shape index (κ1) is 11.7. The van der Waals surface area contributed by atoms with Gasteiger partial charge in [-0.25, -0.2) is 0 Å². The number of carbonyl (C=O) groups excluding carboxylic acids is 1. The van der Waals surface area contributed by atoms with Crippen LogP contribution in [0.3, 0.4) is 0 Å². The quantitative estimate of drug-likeness (QED) is 0.634. The van der Waals surface area contributed by atoms with E-state index in [2.05, 4.69) is 15.5 Å². The molecule has 0 spiro atoms. The SMILES string of the molecule is CCS(=O)CCNC(=O)c1cc(N)n[nH]1. The highest BCUT2D eigenvalue weighted by molar-refractivity contribution is 7.84. The normalized spacial score (nSPS) is 12.3. The predicted octanol–water partition coefficient (Wildman–Crippen LogP) is -0.510. The molecule has 0 aliphatic rings. The Kier molecular flexibility index (Phi) is 4.29. The molecule has 1 rings (SSSR count). The second-order valence-electron chi connectivity index (χ2n) is 2.90. The molecule has 6 nitrogen and oxygen atoms in total. The number of nitrogen functional groups attached to an aromatic ring is 1. The van der Waals surface area contributed by atoms with Crippen molar-refractivity contribution in [3.05, 3.63) is 11.8 Å². The third-order valence-corrected chi connectivity index (χ3v) is 3.08. The minimum absolute atomic E-state index is 0.275. The Morgan fingerprint density at radius 3 is 3.00 bits per heavy atom. The molecule has 84 valence electrons. The van der Waals surface area contributed by atoms with E-state index >= 15 is 0 Å². The van der Waals surface area contributed by atoms with Crippen molar-refractivity contribution in [1.82, 2.24) is 15.5 Å². The van der Waals surface area contributed by atoms with Gasteiger partial charge in [0.15, 0.2) is 0 Å². The second kappa shape index (κ2) is 5.50. The average Bonchev–Trinajstić information content (AvgIpc) is 2.64. The van der Waals surface area contributed by atoms with Crippen LogP contribution in [0.1, 0.15) is 17.4 Å². The number of nitrogens with zero attached hydrogens (tertiary/aromatic N) is 1. The number of carbonyl (C=O) groups is 1. The Balaban J connectivity index is 2.34. The molecule has 1 atom stereocenters. The van der Waals surface area contributed by atoms with Gasteiger partial charge in [0.05, 0.1) is 0 Å². The summed E-state index contributed by atoms with van der Waals surface area (Å²) in [4.78, 5) is 11.4. The van der Waals surface area contributed by atoms with Gasteiger partial charge in [-0.15, -0.1) is 0 Å². The van der Waals surface area contributed by atoms with Gasteiger partial charge in [-0.05, 0) is 0 Å². The Bertz CT molecular complexity index is 363. The minimum Gasteiger partial charge on any atom is -0.382 e. The minimum atomic E-state index is -0.860. The first-order valence-corrected chi connectivity index (χ1v) is 6.06. The smallest absolute Gasteiger partial charge is 0.269 e. The van der Waals surface area contributed by atoms with Crippen LogP contribution in [0.4, 0.5) is 5.82 Å². The maximum Gasteiger partial charge on any atom is 0.269 e. The van der Waals surface area contributed by atoms with Crippen molar-refractivity contribution in [1.29, 1.82) is 0 Å². The lowest BCUT2D eigenvalue weighted by atomic mass is 10.4. The third-order valence-electron chi connectivity index (χ3n) is 1.78. The van der Waals surface area contributed by atoms with Crippen LogP contribution < -0.4 is 11.1 Å². The van der Waals surface area contributed by atoms with Crippen molar-refractivity contribution in [2.45, 2.75) is 6.92 Å². The number of nitrogens with two attached hydrogens (primary N) is 1. The summed E-state index contributed by atoms with van der Waals surface area (Å²) < 4.78 is 11.1. The first-order valence-electron chi connectivity index (χ1n) is 4.57. The Morgan fingerprint density at radius 1 is 1.73 bits per heavy atom. The summed E-state index contributed by atoms with van der Waals surface area (Å²) in [6.07, 6.45) is 0. The number of rotatable bonds is 5. The van der Waals surface area contributed by atoms with Crippen LogP contribution in [0, 0.1) is 0 Å². The maximum atomic E-state index is 11.4. The topological polar surface area (TPSA) is 101 Å². The molecule has 0 saturated carbocycles. The highest BCUT2D eigenvalue weighted by atomic mass is 32.2. The van der Waals surface area contributed by atoms with Crippen molar-refractivity contribution >= 4 is 22.5 Å².